The summed E-state index contributed by atoms with van der Waals surface area (Å²) < 4.78 is 34.8. The lowest BCUT2D eigenvalue weighted by molar-refractivity contribution is -0.346. The summed E-state index contributed by atoms with van der Waals surface area (Å²) in [6.45, 7) is 11.5. The fourth-order valence-corrected chi connectivity index (χ4v) is 8.33. The van der Waals surface area contributed by atoms with Crippen molar-refractivity contribution < 1.29 is 62.6 Å². The monoisotopic (exact) mass is 670 g/mol. The highest BCUT2D eigenvalue weighted by molar-refractivity contribution is 5.95. The van der Waals surface area contributed by atoms with Crippen molar-refractivity contribution in [1.82, 2.24) is 0 Å². The number of fused-ring (bicyclic) bond motifs is 5. The second-order valence-electron chi connectivity index (χ2n) is 13.7. The Kier molecular flexibility index (Phi) is 9.12. The first kappa shape index (κ1) is 35.2. The molecule has 0 amide bonds. The van der Waals surface area contributed by atoms with Gasteiger partial charge in [0.2, 0.25) is 0 Å². The van der Waals surface area contributed by atoms with Gasteiger partial charge in [0, 0.05) is 32.1 Å². The molecule has 2 saturated carbocycles. The molecule has 0 radical (unpaired) electrons. The largest absolute Gasteiger partial charge is 0.508 e. The van der Waals surface area contributed by atoms with Gasteiger partial charge in [0.25, 0.3) is 0 Å². The van der Waals surface area contributed by atoms with Crippen LogP contribution >= 0.6 is 0 Å². The normalized spacial score (nSPS) is 36.5. The van der Waals surface area contributed by atoms with E-state index in [0.29, 0.717) is 0 Å². The lowest BCUT2D eigenvalue weighted by Crippen LogP contribution is -2.82. The van der Waals surface area contributed by atoms with Crippen LogP contribution in [0.1, 0.15) is 64.7 Å². The predicted octanol–water partition coefficient (Wildman–Crippen LogP) is 3.00. The topological polar surface area (TPSA) is 181 Å². The number of Topliss-reactive ketones (excluding diaryl/α,β-unsaturated/α-hetero) is 1. The van der Waals surface area contributed by atoms with E-state index >= 15 is 4.79 Å². The lowest BCUT2D eigenvalue weighted by Gasteiger charge is -2.67. The highest BCUT2D eigenvalue weighted by atomic mass is 16.7. The third kappa shape index (κ3) is 5.32. The van der Waals surface area contributed by atoms with Gasteiger partial charge in [0.1, 0.15) is 30.5 Å². The lowest BCUT2D eigenvalue weighted by atomic mass is 9.44. The molecule has 3 fully saturated rings. The number of hydrogen-bond acceptors (Lipinski definition) is 13. The number of rotatable bonds is 7. The Balaban J connectivity index is 1.85. The van der Waals surface area contributed by atoms with Gasteiger partial charge < -0.3 is 38.6 Å². The molecule has 13 nitrogen and oxygen atoms in total. The van der Waals surface area contributed by atoms with E-state index in [2.05, 4.69) is 6.58 Å². The van der Waals surface area contributed by atoms with Crippen molar-refractivity contribution in [2.45, 2.75) is 96.1 Å². The molecule has 0 aromatic heterocycles. The van der Waals surface area contributed by atoms with E-state index in [1.807, 2.05) is 0 Å². The number of hydrogen-bond donors (Lipinski definition) is 2. The molecule has 48 heavy (non-hydrogen) atoms. The van der Waals surface area contributed by atoms with E-state index in [4.69, 9.17) is 28.4 Å². The smallest absolute Gasteiger partial charge is 0.455 e. The zero-order valence-electron chi connectivity index (χ0n) is 27.8. The fraction of sp³-hybridized carbons (Fsp3) is 0.571. The van der Waals surface area contributed by atoms with Crippen LogP contribution in [0, 0.1) is 16.7 Å². The number of carbonyl (C=O) groups excluding carboxylic acids is 5. The first-order valence-corrected chi connectivity index (χ1v) is 15.8. The highest BCUT2D eigenvalue weighted by Crippen LogP contribution is 2.64. The maximum atomic E-state index is 15.3. The zero-order chi connectivity index (χ0) is 35.4. The second-order valence-corrected chi connectivity index (χ2v) is 13.7. The summed E-state index contributed by atoms with van der Waals surface area (Å²) in [7, 11) is 0. The van der Waals surface area contributed by atoms with Crippen LogP contribution in [-0.4, -0.2) is 95.0 Å². The van der Waals surface area contributed by atoms with Crippen molar-refractivity contribution in [3.63, 3.8) is 0 Å². The van der Waals surface area contributed by atoms with Gasteiger partial charge >= 0.3 is 24.1 Å². The van der Waals surface area contributed by atoms with Gasteiger partial charge in [0.15, 0.2) is 17.5 Å². The van der Waals surface area contributed by atoms with Gasteiger partial charge in [0.05, 0.1) is 29.6 Å². The maximum Gasteiger partial charge on any atom is 0.508 e. The van der Waals surface area contributed by atoms with E-state index in [-0.39, 0.29) is 42.8 Å². The summed E-state index contributed by atoms with van der Waals surface area (Å²) in [5.74, 6) is -4.73. The van der Waals surface area contributed by atoms with Gasteiger partial charge in [-0.2, -0.15) is 0 Å². The summed E-state index contributed by atoms with van der Waals surface area (Å²) in [6, 6.07) is 7.95. The summed E-state index contributed by atoms with van der Waals surface area (Å²) in [6.07, 6.45) is -7.54. The summed E-state index contributed by atoms with van der Waals surface area (Å²) in [5, 5.41) is 24.5. The second kappa shape index (κ2) is 12.4. The summed E-state index contributed by atoms with van der Waals surface area (Å²) >= 11 is 0. The minimum atomic E-state index is -2.20. The van der Waals surface area contributed by atoms with Crippen molar-refractivity contribution in [1.29, 1.82) is 0 Å². The molecule has 2 N–H and O–H groups in total. The molecule has 1 aromatic carbocycles. The molecule has 2 unspecified atom stereocenters. The third-order valence-corrected chi connectivity index (χ3v) is 10.7. The molecule has 1 aliphatic heterocycles. The Morgan fingerprint density at radius 2 is 1.71 bits per heavy atom. The molecule has 3 aliphatic carbocycles. The van der Waals surface area contributed by atoms with Crippen molar-refractivity contribution in [3.05, 3.63) is 59.7 Å². The van der Waals surface area contributed by atoms with Crippen molar-refractivity contribution >= 4 is 29.8 Å². The third-order valence-electron chi connectivity index (χ3n) is 10.7. The SMILES string of the molecule is C=CCOC(=O)O[C@H]1C[C@H]2OC[C@@]2(OC(C)=O)C2C(OC(=O)c3ccccc3)[C@]3(O)C[C@H](O)C(C)=C([C@@H](OC(C)=O)C(=O)[C@@]21C)C3(C)C. The molecule has 5 rings (SSSR count). The maximum absolute atomic E-state index is 15.3. The minimum Gasteiger partial charge on any atom is -0.455 e. The molecule has 0 spiro atoms. The Morgan fingerprint density at radius 1 is 1.04 bits per heavy atom. The molecule has 260 valence electrons. The first-order chi connectivity index (χ1) is 22.5. The Hall–Kier alpha value is -4.07. The Morgan fingerprint density at radius 3 is 2.27 bits per heavy atom. The fourth-order valence-electron chi connectivity index (χ4n) is 8.33. The zero-order valence-corrected chi connectivity index (χ0v) is 27.8. The first-order valence-electron chi connectivity index (χ1n) is 15.8. The van der Waals surface area contributed by atoms with E-state index in [9.17, 15) is 29.4 Å². The average Bonchev–Trinajstić information content (AvgIpc) is 3.01. The van der Waals surface area contributed by atoms with Crippen molar-refractivity contribution in [3.8, 4) is 0 Å². The number of carbonyl (C=O) groups is 5. The van der Waals surface area contributed by atoms with Crippen LogP contribution < -0.4 is 0 Å². The molecule has 9 atom stereocenters. The van der Waals surface area contributed by atoms with E-state index in [0.717, 1.165) is 6.92 Å². The molecule has 1 heterocycles. The van der Waals surface area contributed by atoms with Gasteiger partial charge in [-0.25, -0.2) is 9.59 Å². The average molecular weight is 671 g/mol. The van der Waals surface area contributed by atoms with Crippen LogP contribution in [-0.2, 0) is 42.8 Å². The molecule has 13 heteroatoms. The van der Waals surface area contributed by atoms with Crippen LogP contribution in [0.2, 0.25) is 0 Å². The molecule has 1 saturated heterocycles. The molecule has 4 aliphatic rings. The number of aliphatic hydroxyl groups excluding tert-OH is 1. The molecular formula is C35H42O13. The summed E-state index contributed by atoms with van der Waals surface area (Å²) in [4.78, 5) is 67.7. The van der Waals surface area contributed by atoms with E-state index < -0.39 is 88.3 Å². The summed E-state index contributed by atoms with van der Waals surface area (Å²) in [5.41, 5.74) is -6.91. The van der Waals surface area contributed by atoms with Gasteiger partial charge in [-0.3, -0.25) is 14.4 Å². The van der Waals surface area contributed by atoms with Crippen LogP contribution in [0.3, 0.4) is 0 Å². The van der Waals surface area contributed by atoms with Crippen molar-refractivity contribution in [2.75, 3.05) is 13.2 Å². The molecule has 1 aromatic rings. The molecule has 2 bridgehead atoms. The van der Waals surface area contributed by atoms with Gasteiger partial charge in [-0.15, -0.1) is 0 Å². The highest BCUT2D eigenvalue weighted by Gasteiger charge is 2.79. The Labute approximate surface area is 278 Å². The van der Waals surface area contributed by atoms with E-state index in [1.54, 1.807) is 39.0 Å². The predicted molar refractivity (Wildman–Crippen MR) is 165 cm³/mol. The molecular weight excluding hydrogens is 628 g/mol. The Bertz CT molecular complexity index is 1550. The van der Waals surface area contributed by atoms with E-state index in [1.165, 1.54) is 32.1 Å². The number of esters is 3. The van der Waals surface area contributed by atoms with Gasteiger partial charge in [-0.1, -0.05) is 44.7 Å². The number of ketones is 1. The van der Waals surface area contributed by atoms with Crippen LogP contribution in [0.15, 0.2) is 54.1 Å². The van der Waals surface area contributed by atoms with Crippen LogP contribution in [0.25, 0.3) is 0 Å². The number of ether oxygens (including phenoxy) is 6. The number of benzene rings is 1. The van der Waals surface area contributed by atoms with Crippen LogP contribution in [0.4, 0.5) is 4.79 Å². The van der Waals surface area contributed by atoms with Crippen molar-refractivity contribution in [2.24, 2.45) is 16.7 Å². The van der Waals surface area contributed by atoms with Crippen LogP contribution in [0.5, 0.6) is 0 Å². The standard InChI is InChI=1S/C35H42O13/c1-8-14-43-31(41)46-23-15-24-34(17-44-24,48-20(4)37)27-29(47-30(40)21-12-10-9-11-13-21)35(42)16-22(38)18(2)25(32(35,5)6)26(45-19(3)36)28(39)33(23,27)7/h8-13,22-24,26-27,29,38,42H,1,14-17H2,2-7H3/t22-,23-,24+,26+,27?,29?,33+,34-,35+/m0/s1. The van der Waals surface area contributed by atoms with Gasteiger partial charge in [-0.05, 0) is 37.1 Å². The number of aliphatic hydroxyl groups is 2. The quantitative estimate of drug-likeness (QED) is 0.246. The minimum absolute atomic E-state index is 0.103.